The molecule has 0 radical (unpaired) electrons. The Balaban J connectivity index is 1.77. The van der Waals surface area contributed by atoms with E-state index in [1.807, 2.05) is 0 Å². The van der Waals surface area contributed by atoms with Gasteiger partial charge >= 0.3 is 6.18 Å². The smallest absolute Gasteiger partial charge is 0.383 e. The number of aliphatic hydroxyl groups excluding tert-OH is 1. The van der Waals surface area contributed by atoms with E-state index >= 15 is 0 Å². The number of alkyl halides is 3. The zero-order chi connectivity index (χ0) is 18.0. The molecule has 1 aromatic carbocycles. The number of hydrogen-bond acceptors (Lipinski definition) is 5. The van der Waals surface area contributed by atoms with E-state index in [4.69, 9.17) is 5.73 Å². The van der Waals surface area contributed by atoms with Crippen LogP contribution in [0.2, 0.25) is 0 Å². The molecule has 2 aromatic heterocycles. The minimum atomic E-state index is -4.41. The number of aromatic nitrogens is 2. The summed E-state index contributed by atoms with van der Waals surface area (Å²) in [5.41, 5.74) is 6.29. The van der Waals surface area contributed by atoms with Crippen LogP contribution >= 0.6 is 0 Å². The first-order chi connectivity index (χ1) is 11.8. The highest BCUT2D eigenvalue weighted by atomic mass is 19.4. The molecule has 3 aromatic rings. The molecule has 0 spiro atoms. The van der Waals surface area contributed by atoms with Crippen molar-refractivity contribution in [2.24, 2.45) is 0 Å². The van der Waals surface area contributed by atoms with Gasteiger partial charge in [0.1, 0.15) is 12.0 Å². The number of pyridine rings is 2. The molecule has 0 aliphatic rings. The molecule has 130 valence electrons. The number of halogens is 3. The van der Waals surface area contributed by atoms with E-state index in [0.717, 1.165) is 12.1 Å². The van der Waals surface area contributed by atoms with Gasteiger partial charge in [0, 0.05) is 23.7 Å². The third-order valence-corrected chi connectivity index (χ3v) is 3.70. The predicted octanol–water partition coefficient (Wildman–Crippen LogP) is 3.01. The summed E-state index contributed by atoms with van der Waals surface area (Å²) >= 11 is 0. The van der Waals surface area contributed by atoms with Crippen molar-refractivity contribution in [3.05, 3.63) is 65.4 Å². The van der Waals surface area contributed by atoms with Crippen LogP contribution in [0.5, 0.6) is 0 Å². The highest BCUT2D eigenvalue weighted by Gasteiger charge is 2.30. The number of rotatable bonds is 4. The number of nitrogens with one attached hydrogen (secondary N) is 1. The van der Waals surface area contributed by atoms with Crippen molar-refractivity contribution in [3.8, 4) is 0 Å². The first kappa shape index (κ1) is 17.1. The Morgan fingerprint density at radius 2 is 1.96 bits per heavy atom. The Morgan fingerprint density at radius 3 is 2.72 bits per heavy atom. The van der Waals surface area contributed by atoms with E-state index in [2.05, 4.69) is 15.3 Å². The number of nitrogen functional groups attached to an aromatic ring is 1. The molecule has 5 nitrogen and oxygen atoms in total. The number of hydrogen-bond donors (Lipinski definition) is 3. The number of fused-ring (bicyclic) bond motifs is 1. The molecule has 0 saturated carbocycles. The van der Waals surface area contributed by atoms with Crippen LogP contribution in [0.4, 0.5) is 19.0 Å². The molecule has 0 amide bonds. The van der Waals surface area contributed by atoms with E-state index in [0.29, 0.717) is 22.2 Å². The minimum Gasteiger partial charge on any atom is -0.383 e. The third kappa shape index (κ3) is 3.86. The van der Waals surface area contributed by atoms with E-state index in [9.17, 15) is 18.3 Å². The van der Waals surface area contributed by atoms with Crippen molar-refractivity contribution >= 4 is 16.9 Å². The molecule has 1 atom stereocenters. The summed E-state index contributed by atoms with van der Waals surface area (Å²) in [6, 6.07) is 10.0. The number of nitrogens with zero attached hydrogens (tertiary/aromatic N) is 2. The van der Waals surface area contributed by atoms with Crippen LogP contribution in [-0.2, 0) is 12.7 Å². The minimum absolute atomic E-state index is 0.0373. The van der Waals surface area contributed by atoms with Gasteiger partial charge in [-0.1, -0.05) is 18.2 Å². The van der Waals surface area contributed by atoms with Crippen LogP contribution in [0.15, 0.2) is 48.7 Å². The van der Waals surface area contributed by atoms with Gasteiger partial charge in [-0.15, -0.1) is 0 Å². The second kappa shape index (κ2) is 6.66. The molecule has 2 heterocycles. The van der Waals surface area contributed by atoms with Crippen LogP contribution in [0.3, 0.4) is 0 Å². The van der Waals surface area contributed by atoms with Crippen molar-refractivity contribution in [1.82, 2.24) is 15.3 Å². The summed E-state index contributed by atoms with van der Waals surface area (Å²) in [6.07, 6.45) is -4.00. The summed E-state index contributed by atoms with van der Waals surface area (Å²) in [5.74, 6) is 0.107. The van der Waals surface area contributed by atoms with Crippen molar-refractivity contribution in [2.75, 3.05) is 5.73 Å². The second-order valence-corrected chi connectivity index (χ2v) is 5.49. The average molecular weight is 348 g/mol. The van der Waals surface area contributed by atoms with E-state index in [1.165, 1.54) is 6.07 Å². The quantitative estimate of drug-likeness (QED) is 0.631. The maximum Gasteiger partial charge on any atom is 0.416 e. The molecule has 4 N–H and O–H groups in total. The first-order valence-electron chi connectivity index (χ1n) is 7.43. The largest absolute Gasteiger partial charge is 0.416 e. The Bertz CT molecular complexity index is 898. The maximum absolute atomic E-state index is 12.7. The van der Waals surface area contributed by atoms with Crippen LogP contribution in [0.25, 0.3) is 11.0 Å². The topological polar surface area (TPSA) is 84.1 Å². The van der Waals surface area contributed by atoms with Crippen LogP contribution in [-0.4, -0.2) is 15.1 Å². The first-order valence-corrected chi connectivity index (χ1v) is 7.43. The lowest BCUT2D eigenvalue weighted by Gasteiger charge is -2.16. The van der Waals surface area contributed by atoms with Gasteiger partial charge in [-0.2, -0.15) is 13.2 Å². The number of benzene rings is 1. The SMILES string of the molecule is Nc1nc2ncccc2cc1C(O)NCc1cccc(C(F)(F)F)c1. The second-order valence-electron chi connectivity index (χ2n) is 5.49. The summed E-state index contributed by atoms with van der Waals surface area (Å²) in [4.78, 5) is 8.19. The van der Waals surface area contributed by atoms with E-state index < -0.39 is 18.0 Å². The standard InChI is InChI=1S/C17H15F3N4O/c18-17(19,20)12-5-1-3-10(7-12)9-23-16(25)13-8-11-4-2-6-22-15(11)24-14(13)21/h1-8,16,23,25H,9H2,(H2,21,22,24). The molecule has 0 aliphatic heterocycles. The molecule has 3 rings (SSSR count). The van der Waals surface area contributed by atoms with Crippen LogP contribution in [0.1, 0.15) is 22.9 Å². The molecule has 0 saturated heterocycles. The number of nitrogens with two attached hydrogens (primary N) is 1. The zero-order valence-corrected chi connectivity index (χ0v) is 13.0. The van der Waals surface area contributed by atoms with Gasteiger partial charge in [-0.3, -0.25) is 5.32 Å². The lowest BCUT2D eigenvalue weighted by molar-refractivity contribution is -0.137. The van der Waals surface area contributed by atoms with Crippen molar-refractivity contribution in [2.45, 2.75) is 18.9 Å². The molecule has 25 heavy (non-hydrogen) atoms. The van der Waals surface area contributed by atoms with E-state index in [-0.39, 0.29) is 12.4 Å². The molecule has 0 fully saturated rings. The van der Waals surface area contributed by atoms with Crippen molar-refractivity contribution < 1.29 is 18.3 Å². The molecule has 0 aliphatic carbocycles. The Kier molecular flexibility index (Phi) is 4.56. The number of anilines is 1. The van der Waals surface area contributed by atoms with Gasteiger partial charge < -0.3 is 10.8 Å². The summed E-state index contributed by atoms with van der Waals surface area (Å²) < 4.78 is 38.2. The maximum atomic E-state index is 12.7. The monoisotopic (exact) mass is 348 g/mol. The van der Waals surface area contributed by atoms with Gasteiger partial charge in [0.2, 0.25) is 0 Å². The average Bonchev–Trinajstić information content (AvgIpc) is 2.58. The third-order valence-electron chi connectivity index (χ3n) is 3.70. The molecular weight excluding hydrogens is 333 g/mol. The fourth-order valence-corrected chi connectivity index (χ4v) is 2.44. The highest BCUT2D eigenvalue weighted by molar-refractivity contribution is 5.77. The fraction of sp³-hybridized carbons (Fsp3) is 0.176. The van der Waals surface area contributed by atoms with Crippen LogP contribution in [0, 0.1) is 0 Å². The van der Waals surface area contributed by atoms with Gasteiger partial charge in [0.25, 0.3) is 0 Å². The zero-order valence-electron chi connectivity index (χ0n) is 13.0. The number of aliphatic hydroxyl groups is 1. The molecule has 0 bridgehead atoms. The van der Waals surface area contributed by atoms with Crippen molar-refractivity contribution in [3.63, 3.8) is 0 Å². The summed E-state index contributed by atoms with van der Waals surface area (Å²) in [5, 5.41) is 13.7. The van der Waals surface area contributed by atoms with Crippen LogP contribution < -0.4 is 11.1 Å². The Hall–Kier alpha value is -2.71. The summed E-state index contributed by atoms with van der Waals surface area (Å²) in [7, 11) is 0. The lowest BCUT2D eigenvalue weighted by atomic mass is 10.1. The lowest BCUT2D eigenvalue weighted by Crippen LogP contribution is -2.22. The molecular formula is C17H15F3N4O. The summed E-state index contributed by atoms with van der Waals surface area (Å²) in [6.45, 7) is 0.0373. The normalized spacial score (nSPS) is 13.1. The Morgan fingerprint density at radius 1 is 1.16 bits per heavy atom. The Labute approximate surface area is 141 Å². The molecule has 8 heteroatoms. The van der Waals surface area contributed by atoms with Gasteiger partial charge in [-0.05, 0) is 29.8 Å². The van der Waals surface area contributed by atoms with Gasteiger partial charge in [0.15, 0.2) is 5.65 Å². The fourth-order valence-electron chi connectivity index (χ4n) is 2.44. The van der Waals surface area contributed by atoms with Gasteiger partial charge in [-0.25, -0.2) is 9.97 Å². The van der Waals surface area contributed by atoms with E-state index in [1.54, 1.807) is 30.5 Å². The van der Waals surface area contributed by atoms with Gasteiger partial charge in [0.05, 0.1) is 5.56 Å². The molecule has 1 unspecified atom stereocenters. The predicted molar refractivity (Wildman–Crippen MR) is 87.2 cm³/mol. The van der Waals surface area contributed by atoms with Crippen molar-refractivity contribution in [1.29, 1.82) is 0 Å². The highest BCUT2D eigenvalue weighted by Crippen LogP contribution is 2.29.